The first kappa shape index (κ1) is 17.3. The van der Waals surface area contributed by atoms with E-state index in [9.17, 15) is 18.0 Å². The van der Waals surface area contributed by atoms with E-state index >= 15 is 0 Å². The zero-order chi connectivity index (χ0) is 16.6. The molecular weight excluding hydrogens is 364 g/mol. The molecule has 5 atom stereocenters. The molecule has 2 bridgehead atoms. The molecule has 5 unspecified atom stereocenters. The average molecular weight is 380 g/mol. The van der Waals surface area contributed by atoms with Crippen LogP contribution in [0.4, 0.5) is 0 Å². The Hall–Kier alpha value is -0.550. The van der Waals surface area contributed by atoms with Crippen molar-refractivity contribution in [2.24, 2.45) is 0 Å². The van der Waals surface area contributed by atoms with Gasteiger partial charge in [-0.3, -0.25) is 8.98 Å². The Balaban J connectivity index is 1.41. The molecule has 0 N–H and O–H groups in total. The minimum absolute atomic E-state index is 0.0424. The fourth-order valence-corrected chi connectivity index (χ4v) is 7.64. The Kier molecular flexibility index (Phi) is 5.07. The Bertz CT molecular complexity index is 617. The van der Waals surface area contributed by atoms with Gasteiger partial charge in [-0.1, -0.05) is 18.3 Å². The standard InChI is InChI=1S/C13H16O7S3/c1-2-10(15)21-4-3-18-9(14)6-19-11-7-5-8-13(22-7)12(11)20-23(8,16)17/h2,7-8,11-13H,1,3-6H2. The maximum Gasteiger partial charge on any atom is 0.332 e. The molecule has 3 heterocycles. The number of rotatable bonds is 7. The molecule has 0 spiro atoms. The Morgan fingerprint density at radius 2 is 2.22 bits per heavy atom. The van der Waals surface area contributed by atoms with Crippen molar-refractivity contribution < 1.29 is 31.7 Å². The zero-order valence-electron chi connectivity index (χ0n) is 12.1. The summed E-state index contributed by atoms with van der Waals surface area (Å²) in [5.41, 5.74) is 0. The van der Waals surface area contributed by atoms with Crippen LogP contribution < -0.4 is 0 Å². The third-order valence-corrected chi connectivity index (χ3v) is 8.38. The second kappa shape index (κ2) is 6.75. The summed E-state index contributed by atoms with van der Waals surface area (Å²) in [6.07, 6.45) is 0.810. The minimum Gasteiger partial charge on any atom is -0.463 e. The molecule has 7 nitrogen and oxygen atoms in total. The Labute approximate surface area is 142 Å². The van der Waals surface area contributed by atoms with Crippen LogP contribution in [0.25, 0.3) is 0 Å². The van der Waals surface area contributed by atoms with Gasteiger partial charge in [0.1, 0.15) is 24.6 Å². The molecule has 3 saturated heterocycles. The van der Waals surface area contributed by atoms with E-state index in [1.54, 1.807) is 11.8 Å². The molecule has 3 aliphatic heterocycles. The van der Waals surface area contributed by atoms with Crippen molar-refractivity contribution in [1.29, 1.82) is 0 Å². The third kappa shape index (κ3) is 3.46. The number of fused-ring (bicyclic) bond motifs is 1. The van der Waals surface area contributed by atoms with Gasteiger partial charge in [0, 0.05) is 11.0 Å². The molecular formula is C13H16O7S3. The van der Waals surface area contributed by atoms with Gasteiger partial charge in [0.15, 0.2) is 0 Å². The van der Waals surface area contributed by atoms with Crippen LogP contribution in [0.15, 0.2) is 12.7 Å². The molecule has 0 aromatic heterocycles. The molecule has 3 fully saturated rings. The van der Waals surface area contributed by atoms with Crippen molar-refractivity contribution >= 4 is 44.7 Å². The van der Waals surface area contributed by atoms with Gasteiger partial charge < -0.3 is 9.47 Å². The summed E-state index contributed by atoms with van der Waals surface area (Å²) < 4.78 is 39.2. The van der Waals surface area contributed by atoms with Crippen LogP contribution in [-0.4, -0.2) is 66.4 Å². The highest BCUT2D eigenvalue weighted by Gasteiger charge is 2.65. The highest BCUT2D eigenvalue weighted by Crippen LogP contribution is 2.55. The Morgan fingerprint density at radius 1 is 1.43 bits per heavy atom. The lowest BCUT2D eigenvalue weighted by atomic mass is 9.94. The third-order valence-electron chi connectivity index (χ3n) is 3.94. The van der Waals surface area contributed by atoms with E-state index < -0.39 is 33.5 Å². The number of carbonyl (C=O) groups is 2. The van der Waals surface area contributed by atoms with Crippen LogP contribution >= 0.6 is 23.5 Å². The molecule has 23 heavy (non-hydrogen) atoms. The average Bonchev–Trinajstić information content (AvgIpc) is 3.12. The van der Waals surface area contributed by atoms with E-state index in [0.29, 0.717) is 12.2 Å². The number of hydrogen-bond donors (Lipinski definition) is 0. The summed E-state index contributed by atoms with van der Waals surface area (Å²) in [5, 5.41) is -0.660. The van der Waals surface area contributed by atoms with Crippen LogP contribution in [0.2, 0.25) is 0 Å². The molecule has 0 aliphatic carbocycles. The number of thioether (sulfide) groups is 2. The topological polar surface area (TPSA) is 96.0 Å². The first-order valence-corrected chi connectivity index (χ1v) is 10.5. The van der Waals surface area contributed by atoms with Gasteiger partial charge in [-0.2, -0.15) is 8.42 Å². The lowest BCUT2D eigenvalue weighted by Gasteiger charge is -2.23. The molecule has 0 saturated carbocycles. The normalized spacial score (nSPS) is 36.1. The van der Waals surface area contributed by atoms with Crippen LogP contribution in [0.1, 0.15) is 6.42 Å². The van der Waals surface area contributed by atoms with Gasteiger partial charge in [0.25, 0.3) is 10.1 Å². The minimum atomic E-state index is -3.49. The van der Waals surface area contributed by atoms with Crippen molar-refractivity contribution in [2.45, 2.75) is 34.4 Å². The highest BCUT2D eigenvalue weighted by molar-refractivity contribution is 8.14. The largest absolute Gasteiger partial charge is 0.463 e. The van der Waals surface area contributed by atoms with Crippen LogP contribution in [0.5, 0.6) is 0 Å². The van der Waals surface area contributed by atoms with Gasteiger partial charge in [-0.25, -0.2) is 4.79 Å². The van der Waals surface area contributed by atoms with Crippen molar-refractivity contribution in [3.8, 4) is 0 Å². The monoisotopic (exact) mass is 380 g/mol. The predicted molar refractivity (Wildman–Crippen MR) is 85.7 cm³/mol. The van der Waals surface area contributed by atoms with Gasteiger partial charge in [-0.15, -0.1) is 11.8 Å². The van der Waals surface area contributed by atoms with Crippen molar-refractivity contribution in [2.75, 3.05) is 19.0 Å². The summed E-state index contributed by atoms with van der Waals surface area (Å²) in [4.78, 5) is 22.6. The molecule has 0 amide bonds. The molecule has 0 aromatic carbocycles. The number of carbonyl (C=O) groups excluding carboxylic acids is 2. The van der Waals surface area contributed by atoms with Crippen molar-refractivity contribution in [1.82, 2.24) is 0 Å². The lowest BCUT2D eigenvalue weighted by molar-refractivity contribution is -0.152. The zero-order valence-corrected chi connectivity index (χ0v) is 14.5. The summed E-state index contributed by atoms with van der Waals surface area (Å²) in [5.74, 6) is -0.187. The van der Waals surface area contributed by atoms with Crippen LogP contribution in [0.3, 0.4) is 0 Å². The summed E-state index contributed by atoms with van der Waals surface area (Å²) in [6, 6.07) is 0. The fourth-order valence-electron chi connectivity index (χ4n) is 2.99. The van der Waals surface area contributed by atoms with Gasteiger partial charge in [0.2, 0.25) is 5.12 Å². The van der Waals surface area contributed by atoms with Crippen molar-refractivity contribution in [3.63, 3.8) is 0 Å². The van der Waals surface area contributed by atoms with E-state index in [1.807, 2.05) is 0 Å². The van der Waals surface area contributed by atoms with E-state index in [2.05, 4.69) is 6.58 Å². The number of esters is 1. The number of ether oxygens (including phenoxy) is 2. The van der Waals surface area contributed by atoms with Gasteiger partial charge >= 0.3 is 5.97 Å². The van der Waals surface area contributed by atoms with Crippen LogP contribution in [0, 0.1) is 0 Å². The van der Waals surface area contributed by atoms with E-state index in [4.69, 9.17) is 13.7 Å². The van der Waals surface area contributed by atoms with E-state index in [0.717, 1.165) is 11.8 Å². The lowest BCUT2D eigenvalue weighted by Crippen LogP contribution is -2.41. The van der Waals surface area contributed by atoms with E-state index in [1.165, 1.54) is 6.08 Å². The molecule has 10 heteroatoms. The quantitative estimate of drug-likeness (QED) is 0.268. The maximum atomic E-state index is 11.8. The van der Waals surface area contributed by atoms with Crippen molar-refractivity contribution in [3.05, 3.63) is 12.7 Å². The molecule has 3 aliphatic rings. The molecule has 0 aromatic rings. The molecule has 3 rings (SSSR count). The van der Waals surface area contributed by atoms with Crippen LogP contribution in [-0.2, 0) is 33.4 Å². The predicted octanol–water partition coefficient (Wildman–Crippen LogP) is 0.345. The first-order chi connectivity index (χ1) is 10.9. The summed E-state index contributed by atoms with van der Waals surface area (Å²) in [6.45, 7) is 3.20. The van der Waals surface area contributed by atoms with E-state index in [-0.39, 0.29) is 28.8 Å². The smallest absolute Gasteiger partial charge is 0.332 e. The van der Waals surface area contributed by atoms with Gasteiger partial charge in [0.05, 0.1) is 11.4 Å². The SMILES string of the molecule is C=CC(=O)SCCOC(=O)COC1C2CC3C(S2)C1OS3(=O)=O. The molecule has 0 radical (unpaired) electrons. The molecule has 128 valence electrons. The number of hydrogen-bond acceptors (Lipinski definition) is 9. The second-order valence-electron chi connectivity index (χ2n) is 5.33. The second-order valence-corrected chi connectivity index (χ2v) is 9.64. The summed E-state index contributed by atoms with van der Waals surface area (Å²) in [7, 11) is -3.49. The maximum absolute atomic E-state index is 11.8. The fraction of sp³-hybridized carbons (Fsp3) is 0.692. The Morgan fingerprint density at radius 3 is 2.96 bits per heavy atom. The first-order valence-electron chi connectivity index (χ1n) is 7.06. The highest BCUT2D eigenvalue weighted by atomic mass is 32.2. The van der Waals surface area contributed by atoms with Gasteiger partial charge in [-0.05, 0) is 12.5 Å². The summed E-state index contributed by atoms with van der Waals surface area (Å²) >= 11 is 2.58.